The molecule has 0 bridgehead atoms. The molecule has 0 spiro atoms. The number of carbonyl (C=O) groups is 1. The van der Waals surface area contributed by atoms with Gasteiger partial charge in [-0.3, -0.25) is 14.4 Å². The predicted molar refractivity (Wildman–Crippen MR) is 101 cm³/mol. The summed E-state index contributed by atoms with van der Waals surface area (Å²) in [6.45, 7) is 3.76. The topological polar surface area (TPSA) is 63.1 Å². The normalized spacial score (nSPS) is 12.6. The van der Waals surface area contributed by atoms with E-state index in [1.54, 1.807) is 16.0 Å². The van der Waals surface area contributed by atoms with E-state index in [1.807, 2.05) is 49.6 Å². The molecule has 0 saturated heterocycles. The molecule has 2 aromatic heterocycles. The van der Waals surface area contributed by atoms with Crippen LogP contribution in [0.5, 0.6) is 0 Å². The zero-order chi connectivity index (χ0) is 17.8. The highest BCUT2D eigenvalue weighted by atomic mass is 32.1. The first-order valence-electron chi connectivity index (χ1n) is 8.29. The van der Waals surface area contributed by atoms with Crippen molar-refractivity contribution < 1.29 is 4.79 Å². The van der Waals surface area contributed by atoms with Gasteiger partial charge < -0.3 is 5.32 Å². The van der Waals surface area contributed by atoms with Crippen molar-refractivity contribution in [1.29, 1.82) is 0 Å². The Labute approximate surface area is 151 Å². The molecular formula is C18H23N5OS. The average molecular weight is 357 g/mol. The van der Waals surface area contributed by atoms with Gasteiger partial charge in [-0.25, -0.2) is 4.98 Å². The van der Waals surface area contributed by atoms with Crippen LogP contribution in [0.25, 0.3) is 10.2 Å². The lowest BCUT2D eigenvalue weighted by molar-refractivity contribution is -0.122. The van der Waals surface area contributed by atoms with Crippen molar-refractivity contribution in [2.75, 3.05) is 20.1 Å². The van der Waals surface area contributed by atoms with Gasteiger partial charge in [0.05, 0.1) is 28.0 Å². The fourth-order valence-electron chi connectivity index (χ4n) is 2.68. The molecule has 0 saturated carbocycles. The van der Waals surface area contributed by atoms with Gasteiger partial charge in [-0.1, -0.05) is 19.1 Å². The SMILES string of the molecule is CC(CNC(=O)CN(C)Cc1cnn(C)c1)c1nc2ccccc2s1. The summed E-state index contributed by atoms with van der Waals surface area (Å²) in [5.41, 5.74) is 2.12. The summed E-state index contributed by atoms with van der Waals surface area (Å²) >= 11 is 1.69. The smallest absolute Gasteiger partial charge is 0.234 e. The average Bonchev–Trinajstić information content (AvgIpc) is 3.18. The summed E-state index contributed by atoms with van der Waals surface area (Å²) in [4.78, 5) is 18.8. The fourth-order valence-corrected chi connectivity index (χ4v) is 3.70. The van der Waals surface area contributed by atoms with Crippen molar-refractivity contribution in [2.45, 2.75) is 19.4 Å². The van der Waals surface area contributed by atoms with Gasteiger partial charge in [0.2, 0.25) is 5.91 Å². The number of aromatic nitrogens is 3. The minimum Gasteiger partial charge on any atom is -0.354 e. The highest BCUT2D eigenvalue weighted by Gasteiger charge is 2.14. The standard InChI is InChI=1S/C18H23N5OS/c1-13(18-21-15-6-4-5-7-16(15)25-18)8-19-17(24)12-22(2)10-14-9-20-23(3)11-14/h4-7,9,11,13H,8,10,12H2,1-3H3,(H,19,24). The highest BCUT2D eigenvalue weighted by molar-refractivity contribution is 7.18. The zero-order valence-corrected chi connectivity index (χ0v) is 15.6. The number of aryl methyl sites for hydroxylation is 1. The van der Waals surface area contributed by atoms with Gasteiger partial charge in [0.15, 0.2) is 0 Å². The predicted octanol–water partition coefficient (Wildman–Crippen LogP) is 2.38. The summed E-state index contributed by atoms with van der Waals surface area (Å²) in [5.74, 6) is 0.226. The van der Waals surface area contributed by atoms with Crippen LogP contribution in [0.3, 0.4) is 0 Å². The third-order valence-corrected chi connectivity index (χ3v) is 5.23. The Morgan fingerprint density at radius 3 is 2.92 bits per heavy atom. The molecule has 7 heteroatoms. The second-order valence-electron chi connectivity index (χ2n) is 6.42. The number of thiazole rings is 1. The molecular weight excluding hydrogens is 334 g/mol. The van der Waals surface area contributed by atoms with E-state index in [0.29, 0.717) is 19.6 Å². The van der Waals surface area contributed by atoms with Crippen LogP contribution in [0.15, 0.2) is 36.7 Å². The Morgan fingerprint density at radius 1 is 1.40 bits per heavy atom. The van der Waals surface area contributed by atoms with Crippen LogP contribution >= 0.6 is 11.3 Å². The molecule has 3 rings (SSSR count). The van der Waals surface area contributed by atoms with Crippen LogP contribution in [0.4, 0.5) is 0 Å². The highest BCUT2D eigenvalue weighted by Crippen LogP contribution is 2.26. The monoisotopic (exact) mass is 357 g/mol. The Balaban J connectivity index is 1.47. The number of hydrogen-bond donors (Lipinski definition) is 1. The Hall–Kier alpha value is -2.25. The second kappa shape index (κ2) is 7.76. The minimum absolute atomic E-state index is 0.0272. The lowest BCUT2D eigenvalue weighted by Gasteiger charge is -2.16. The number of fused-ring (bicyclic) bond motifs is 1. The molecule has 1 amide bonds. The van der Waals surface area contributed by atoms with E-state index in [2.05, 4.69) is 28.4 Å². The van der Waals surface area contributed by atoms with Crippen LogP contribution in [-0.2, 0) is 18.4 Å². The molecule has 1 N–H and O–H groups in total. The van der Waals surface area contributed by atoms with Crippen molar-refractivity contribution in [1.82, 2.24) is 25.0 Å². The van der Waals surface area contributed by atoms with Gasteiger partial charge in [-0.05, 0) is 19.2 Å². The minimum atomic E-state index is 0.0272. The van der Waals surface area contributed by atoms with E-state index in [4.69, 9.17) is 0 Å². The molecule has 0 fully saturated rings. The Bertz CT molecular complexity index is 823. The number of carbonyl (C=O) groups excluding carboxylic acids is 1. The number of rotatable bonds is 7. The van der Waals surface area contributed by atoms with E-state index in [-0.39, 0.29) is 11.8 Å². The third-order valence-electron chi connectivity index (χ3n) is 3.96. The van der Waals surface area contributed by atoms with E-state index < -0.39 is 0 Å². The van der Waals surface area contributed by atoms with Crippen LogP contribution in [0.1, 0.15) is 23.4 Å². The number of hydrogen-bond acceptors (Lipinski definition) is 5. The van der Waals surface area contributed by atoms with Crippen molar-refractivity contribution in [3.8, 4) is 0 Å². The molecule has 0 aliphatic rings. The lowest BCUT2D eigenvalue weighted by atomic mass is 10.2. The van der Waals surface area contributed by atoms with Crippen molar-refractivity contribution in [2.24, 2.45) is 7.05 Å². The van der Waals surface area contributed by atoms with Gasteiger partial charge in [0.1, 0.15) is 0 Å². The number of para-hydroxylation sites is 1. The zero-order valence-electron chi connectivity index (χ0n) is 14.8. The van der Waals surface area contributed by atoms with Crippen LogP contribution in [-0.4, -0.2) is 45.7 Å². The molecule has 132 valence electrons. The maximum absolute atomic E-state index is 12.2. The summed E-state index contributed by atoms with van der Waals surface area (Å²) in [6, 6.07) is 8.12. The lowest BCUT2D eigenvalue weighted by Crippen LogP contribution is -2.36. The third kappa shape index (κ3) is 4.64. The number of nitrogens with one attached hydrogen (secondary N) is 1. The van der Waals surface area contributed by atoms with Crippen LogP contribution in [0, 0.1) is 0 Å². The number of nitrogens with zero attached hydrogens (tertiary/aromatic N) is 4. The molecule has 0 aliphatic carbocycles. The largest absolute Gasteiger partial charge is 0.354 e. The van der Waals surface area contributed by atoms with E-state index in [1.165, 1.54) is 4.70 Å². The van der Waals surface area contributed by atoms with E-state index >= 15 is 0 Å². The molecule has 3 aromatic rings. The summed E-state index contributed by atoms with van der Waals surface area (Å²) in [7, 11) is 3.82. The van der Waals surface area contributed by atoms with Crippen molar-refractivity contribution in [3.63, 3.8) is 0 Å². The van der Waals surface area contributed by atoms with Gasteiger partial charge in [-0.2, -0.15) is 5.10 Å². The molecule has 1 atom stereocenters. The van der Waals surface area contributed by atoms with Crippen LogP contribution < -0.4 is 5.32 Å². The summed E-state index contributed by atoms with van der Waals surface area (Å²) in [6.07, 6.45) is 3.78. The number of amides is 1. The maximum Gasteiger partial charge on any atom is 0.234 e. The van der Waals surface area contributed by atoms with Gasteiger partial charge in [0.25, 0.3) is 0 Å². The quantitative estimate of drug-likeness (QED) is 0.705. The first-order chi connectivity index (χ1) is 12.0. The number of benzene rings is 1. The summed E-state index contributed by atoms with van der Waals surface area (Å²) in [5, 5.41) is 8.22. The molecule has 6 nitrogen and oxygen atoms in total. The van der Waals surface area contributed by atoms with Crippen molar-refractivity contribution >= 4 is 27.5 Å². The van der Waals surface area contributed by atoms with Gasteiger partial charge >= 0.3 is 0 Å². The Morgan fingerprint density at radius 2 is 2.20 bits per heavy atom. The number of likely N-dealkylation sites (N-methyl/N-ethyl adjacent to an activating group) is 1. The molecule has 1 aromatic carbocycles. The van der Waals surface area contributed by atoms with E-state index in [9.17, 15) is 4.79 Å². The van der Waals surface area contributed by atoms with Gasteiger partial charge in [0, 0.05) is 37.8 Å². The van der Waals surface area contributed by atoms with E-state index in [0.717, 1.165) is 16.1 Å². The molecule has 0 aliphatic heterocycles. The maximum atomic E-state index is 12.2. The Kier molecular flexibility index (Phi) is 5.45. The van der Waals surface area contributed by atoms with Crippen molar-refractivity contribution in [3.05, 3.63) is 47.2 Å². The molecule has 1 unspecified atom stereocenters. The first-order valence-corrected chi connectivity index (χ1v) is 9.11. The summed E-state index contributed by atoms with van der Waals surface area (Å²) < 4.78 is 2.95. The molecule has 0 radical (unpaired) electrons. The second-order valence-corrected chi connectivity index (χ2v) is 7.48. The van der Waals surface area contributed by atoms with Gasteiger partial charge in [-0.15, -0.1) is 11.3 Å². The first kappa shape index (κ1) is 17.6. The molecule has 2 heterocycles. The van der Waals surface area contributed by atoms with Crippen LogP contribution in [0.2, 0.25) is 0 Å². The molecule has 25 heavy (non-hydrogen) atoms. The fraction of sp³-hybridized carbons (Fsp3) is 0.389.